The van der Waals surface area contributed by atoms with Gasteiger partial charge in [-0.25, -0.2) is 0 Å². The molecule has 2 unspecified atom stereocenters. The molecular weight excluding hydrogens is 282 g/mol. The van der Waals surface area contributed by atoms with Gasteiger partial charge >= 0.3 is 6.61 Å². The van der Waals surface area contributed by atoms with Crippen LogP contribution in [0.25, 0.3) is 0 Å². The zero-order valence-corrected chi connectivity index (χ0v) is 11.7. The number of alkyl halides is 2. The Morgan fingerprint density at radius 1 is 1.29 bits per heavy atom. The van der Waals surface area contributed by atoms with Gasteiger partial charge in [0.05, 0.1) is 0 Å². The summed E-state index contributed by atoms with van der Waals surface area (Å²) in [5.41, 5.74) is 0.482. The number of amides is 2. The monoisotopic (exact) mass is 298 g/mol. The third-order valence-corrected chi connectivity index (χ3v) is 3.31. The van der Waals surface area contributed by atoms with E-state index in [1.807, 2.05) is 0 Å². The van der Waals surface area contributed by atoms with E-state index in [0.29, 0.717) is 12.1 Å². The van der Waals surface area contributed by atoms with Gasteiger partial charge in [-0.3, -0.25) is 14.5 Å². The summed E-state index contributed by atoms with van der Waals surface area (Å²) in [5, 5.41) is 2.61. The lowest BCUT2D eigenvalue weighted by Gasteiger charge is -2.37. The van der Waals surface area contributed by atoms with Crippen LogP contribution in [0.2, 0.25) is 0 Å². The third-order valence-electron chi connectivity index (χ3n) is 3.31. The van der Waals surface area contributed by atoms with Crippen LogP contribution in [0.4, 0.5) is 14.5 Å². The Bertz CT molecular complexity index is 534. The Morgan fingerprint density at radius 2 is 1.90 bits per heavy atom. The van der Waals surface area contributed by atoms with Gasteiger partial charge in [0, 0.05) is 5.69 Å². The first-order valence-corrected chi connectivity index (χ1v) is 6.62. The van der Waals surface area contributed by atoms with Gasteiger partial charge in [-0.05, 0) is 37.6 Å². The standard InChI is InChI=1S/C14H16F2N2O3/c1-3-11-12(19)17-8(2)13(20)18(11)9-4-6-10(7-5-9)21-14(15)16/h4-8,11,14H,3H2,1-2H3,(H,17,19). The molecule has 1 heterocycles. The van der Waals surface area contributed by atoms with E-state index in [2.05, 4.69) is 10.1 Å². The smallest absolute Gasteiger partial charge is 0.387 e. The summed E-state index contributed by atoms with van der Waals surface area (Å²) in [6, 6.07) is 4.46. The van der Waals surface area contributed by atoms with E-state index in [-0.39, 0.29) is 17.6 Å². The molecule has 0 bridgehead atoms. The molecule has 1 N–H and O–H groups in total. The summed E-state index contributed by atoms with van der Waals surface area (Å²) < 4.78 is 28.5. The molecule has 21 heavy (non-hydrogen) atoms. The zero-order chi connectivity index (χ0) is 15.6. The molecule has 1 fully saturated rings. The molecule has 114 valence electrons. The van der Waals surface area contributed by atoms with E-state index < -0.39 is 18.7 Å². The van der Waals surface area contributed by atoms with Crippen molar-refractivity contribution in [3.63, 3.8) is 0 Å². The van der Waals surface area contributed by atoms with Crippen molar-refractivity contribution in [2.75, 3.05) is 4.90 Å². The SMILES string of the molecule is CCC1C(=O)NC(C)C(=O)N1c1ccc(OC(F)F)cc1. The van der Waals surface area contributed by atoms with Crippen LogP contribution in [0.15, 0.2) is 24.3 Å². The van der Waals surface area contributed by atoms with Crippen molar-refractivity contribution in [3.8, 4) is 5.75 Å². The van der Waals surface area contributed by atoms with Crippen molar-refractivity contribution in [1.82, 2.24) is 5.32 Å². The number of piperazine rings is 1. The second-order valence-electron chi connectivity index (χ2n) is 4.73. The largest absolute Gasteiger partial charge is 0.435 e. The lowest BCUT2D eigenvalue weighted by molar-refractivity contribution is -0.133. The minimum atomic E-state index is -2.90. The van der Waals surface area contributed by atoms with E-state index in [4.69, 9.17) is 0 Å². The van der Waals surface area contributed by atoms with E-state index in [0.717, 1.165) is 0 Å². The van der Waals surface area contributed by atoms with Crippen molar-refractivity contribution in [2.24, 2.45) is 0 Å². The summed E-state index contributed by atoms with van der Waals surface area (Å²) in [6.07, 6.45) is 0.458. The number of carbonyl (C=O) groups is 2. The molecule has 0 aliphatic carbocycles. The number of benzene rings is 1. The van der Waals surface area contributed by atoms with Crippen molar-refractivity contribution < 1.29 is 23.1 Å². The predicted molar refractivity (Wildman–Crippen MR) is 72.2 cm³/mol. The molecule has 2 atom stereocenters. The van der Waals surface area contributed by atoms with Crippen LogP contribution in [0.3, 0.4) is 0 Å². The number of hydrogen-bond donors (Lipinski definition) is 1. The van der Waals surface area contributed by atoms with Crippen LogP contribution in [-0.2, 0) is 9.59 Å². The van der Waals surface area contributed by atoms with Gasteiger partial charge in [0.1, 0.15) is 17.8 Å². The number of rotatable bonds is 4. The second-order valence-corrected chi connectivity index (χ2v) is 4.73. The number of carbonyl (C=O) groups excluding carboxylic acids is 2. The Balaban J connectivity index is 2.28. The number of hydrogen-bond acceptors (Lipinski definition) is 3. The van der Waals surface area contributed by atoms with Gasteiger partial charge in [0.15, 0.2) is 0 Å². The highest BCUT2D eigenvalue weighted by molar-refractivity contribution is 6.08. The van der Waals surface area contributed by atoms with Crippen molar-refractivity contribution >= 4 is 17.5 Å². The maximum Gasteiger partial charge on any atom is 0.387 e. The first-order valence-electron chi connectivity index (χ1n) is 6.62. The molecule has 1 aliphatic rings. The number of nitrogens with zero attached hydrogens (tertiary/aromatic N) is 1. The molecule has 2 rings (SSSR count). The topological polar surface area (TPSA) is 58.6 Å². The average molecular weight is 298 g/mol. The van der Waals surface area contributed by atoms with E-state index in [9.17, 15) is 18.4 Å². The molecule has 0 aromatic heterocycles. The molecule has 1 aromatic carbocycles. The Kier molecular flexibility index (Phi) is 4.40. The minimum absolute atomic E-state index is 0.00348. The molecule has 2 amide bonds. The van der Waals surface area contributed by atoms with Crippen molar-refractivity contribution in [1.29, 1.82) is 0 Å². The number of anilines is 1. The lowest BCUT2D eigenvalue weighted by atomic mass is 10.0. The van der Waals surface area contributed by atoms with Crippen LogP contribution in [0.1, 0.15) is 20.3 Å². The second kappa shape index (κ2) is 6.07. The Morgan fingerprint density at radius 3 is 2.43 bits per heavy atom. The summed E-state index contributed by atoms with van der Waals surface area (Å²) in [4.78, 5) is 25.6. The normalized spacial score (nSPS) is 22.4. The maximum atomic E-state index is 12.3. The van der Waals surface area contributed by atoms with E-state index >= 15 is 0 Å². The molecule has 0 saturated carbocycles. The molecule has 1 aliphatic heterocycles. The highest BCUT2D eigenvalue weighted by Crippen LogP contribution is 2.26. The first-order chi connectivity index (χ1) is 9.93. The molecule has 1 saturated heterocycles. The fourth-order valence-electron chi connectivity index (χ4n) is 2.31. The third kappa shape index (κ3) is 3.12. The molecule has 7 heteroatoms. The summed E-state index contributed by atoms with van der Waals surface area (Å²) >= 11 is 0. The van der Waals surface area contributed by atoms with Gasteiger partial charge in [-0.2, -0.15) is 8.78 Å². The Labute approximate surface area is 120 Å². The quantitative estimate of drug-likeness (QED) is 0.924. The number of nitrogens with one attached hydrogen (secondary N) is 1. The highest BCUT2D eigenvalue weighted by Gasteiger charge is 2.38. The average Bonchev–Trinajstić information content (AvgIpc) is 2.43. The fourth-order valence-corrected chi connectivity index (χ4v) is 2.31. The van der Waals surface area contributed by atoms with Crippen LogP contribution in [0, 0.1) is 0 Å². The van der Waals surface area contributed by atoms with Crippen molar-refractivity contribution in [2.45, 2.75) is 39.0 Å². The summed E-state index contributed by atoms with van der Waals surface area (Å²) in [6.45, 7) is 0.504. The minimum Gasteiger partial charge on any atom is -0.435 e. The van der Waals surface area contributed by atoms with Gasteiger partial charge in [0.25, 0.3) is 0 Å². The van der Waals surface area contributed by atoms with E-state index in [1.165, 1.54) is 29.2 Å². The van der Waals surface area contributed by atoms with Gasteiger partial charge in [-0.15, -0.1) is 0 Å². The lowest BCUT2D eigenvalue weighted by Crippen LogP contribution is -2.62. The van der Waals surface area contributed by atoms with Gasteiger partial charge in [-0.1, -0.05) is 6.92 Å². The van der Waals surface area contributed by atoms with E-state index in [1.54, 1.807) is 13.8 Å². The predicted octanol–water partition coefficient (Wildman–Crippen LogP) is 1.92. The van der Waals surface area contributed by atoms with Crippen LogP contribution >= 0.6 is 0 Å². The van der Waals surface area contributed by atoms with Gasteiger partial charge in [0.2, 0.25) is 11.8 Å². The molecule has 1 aromatic rings. The summed E-state index contributed by atoms with van der Waals surface area (Å²) in [7, 11) is 0. The first kappa shape index (κ1) is 15.2. The Hall–Kier alpha value is -2.18. The zero-order valence-electron chi connectivity index (χ0n) is 11.7. The van der Waals surface area contributed by atoms with Crippen LogP contribution < -0.4 is 15.0 Å². The molecule has 0 spiro atoms. The number of ether oxygens (including phenoxy) is 1. The highest BCUT2D eigenvalue weighted by atomic mass is 19.3. The van der Waals surface area contributed by atoms with Crippen LogP contribution in [-0.4, -0.2) is 30.5 Å². The fraction of sp³-hybridized carbons (Fsp3) is 0.429. The maximum absolute atomic E-state index is 12.3. The summed E-state index contributed by atoms with van der Waals surface area (Å²) in [5.74, 6) is -0.453. The molecular formula is C14H16F2N2O3. The van der Waals surface area contributed by atoms with Gasteiger partial charge < -0.3 is 10.1 Å². The molecule has 0 radical (unpaired) electrons. The molecule has 5 nitrogen and oxygen atoms in total. The van der Waals surface area contributed by atoms with Crippen LogP contribution in [0.5, 0.6) is 5.75 Å². The number of halogens is 2. The van der Waals surface area contributed by atoms with Crippen molar-refractivity contribution in [3.05, 3.63) is 24.3 Å².